The molecule has 0 saturated carbocycles. The van der Waals surface area contributed by atoms with Gasteiger partial charge in [0.2, 0.25) is 0 Å². The van der Waals surface area contributed by atoms with Gasteiger partial charge in [-0.15, -0.1) is 0 Å². The van der Waals surface area contributed by atoms with Crippen LogP contribution in [0.5, 0.6) is 5.75 Å². The van der Waals surface area contributed by atoms with Crippen molar-refractivity contribution in [3.05, 3.63) is 65.0 Å². The van der Waals surface area contributed by atoms with E-state index >= 15 is 0 Å². The maximum atomic E-state index is 13.4. The van der Waals surface area contributed by atoms with E-state index in [2.05, 4.69) is 0 Å². The zero-order chi connectivity index (χ0) is 14.7. The second kappa shape index (κ2) is 5.64. The highest BCUT2D eigenvalue weighted by Gasteiger charge is 2.11. The van der Waals surface area contributed by atoms with Gasteiger partial charge in [0.05, 0.1) is 11.1 Å². The number of aromatic carboxylic acids is 1. The molecular weight excluding hydrogens is 273 g/mol. The third-order valence-electron chi connectivity index (χ3n) is 2.56. The number of benzene rings is 2. The normalized spacial score (nSPS) is 10.3. The molecule has 20 heavy (non-hydrogen) atoms. The molecule has 0 aliphatic carbocycles. The second-order valence-corrected chi connectivity index (χ2v) is 3.97. The van der Waals surface area contributed by atoms with Crippen molar-refractivity contribution in [3.63, 3.8) is 0 Å². The van der Waals surface area contributed by atoms with Crippen molar-refractivity contribution < 1.29 is 27.8 Å². The van der Waals surface area contributed by atoms with Gasteiger partial charge in [-0.2, -0.15) is 0 Å². The van der Waals surface area contributed by atoms with Gasteiger partial charge in [-0.25, -0.2) is 18.0 Å². The van der Waals surface area contributed by atoms with Gasteiger partial charge in [0.25, 0.3) is 0 Å². The van der Waals surface area contributed by atoms with Gasteiger partial charge in [0, 0.05) is 6.07 Å². The lowest BCUT2D eigenvalue weighted by molar-refractivity contribution is 0.0695. The van der Waals surface area contributed by atoms with Gasteiger partial charge in [-0.3, -0.25) is 0 Å². The minimum Gasteiger partial charge on any atom is -0.489 e. The molecule has 0 atom stereocenters. The summed E-state index contributed by atoms with van der Waals surface area (Å²) in [5, 5.41) is 8.76. The monoisotopic (exact) mass is 282 g/mol. The molecule has 104 valence electrons. The van der Waals surface area contributed by atoms with Gasteiger partial charge in [0.15, 0.2) is 0 Å². The Kier molecular flexibility index (Phi) is 3.93. The molecule has 2 rings (SSSR count). The summed E-state index contributed by atoms with van der Waals surface area (Å²) in [4.78, 5) is 10.7. The number of hydrogen-bond acceptors (Lipinski definition) is 2. The van der Waals surface area contributed by atoms with Crippen LogP contribution in [0.2, 0.25) is 0 Å². The molecule has 0 fully saturated rings. The topological polar surface area (TPSA) is 46.5 Å². The van der Waals surface area contributed by atoms with Gasteiger partial charge in [0.1, 0.15) is 29.8 Å². The van der Waals surface area contributed by atoms with Crippen molar-refractivity contribution in [2.75, 3.05) is 0 Å². The third-order valence-corrected chi connectivity index (χ3v) is 2.56. The van der Waals surface area contributed by atoms with E-state index in [9.17, 15) is 18.0 Å². The zero-order valence-corrected chi connectivity index (χ0v) is 10.1. The fraction of sp³-hybridized carbons (Fsp3) is 0.0714. The quantitative estimate of drug-likeness (QED) is 0.935. The molecule has 6 heteroatoms. The molecule has 0 unspecified atom stereocenters. The smallest absolute Gasteiger partial charge is 0.335 e. The lowest BCUT2D eigenvalue weighted by atomic mass is 10.2. The molecule has 2 aromatic rings. The second-order valence-electron chi connectivity index (χ2n) is 3.97. The summed E-state index contributed by atoms with van der Waals surface area (Å²) in [5.74, 6) is -3.84. The number of carbonyl (C=O) groups is 1. The Bertz CT molecular complexity index is 636. The van der Waals surface area contributed by atoms with Crippen LogP contribution in [0.4, 0.5) is 13.2 Å². The molecule has 2 aromatic carbocycles. The number of ether oxygens (including phenoxy) is 1. The van der Waals surface area contributed by atoms with Crippen LogP contribution in [0.25, 0.3) is 0 Å². The lowest BCUT2D eigenvalue weighted by Crippen LogP contribution is -2.03. The molecule has 0 heterocycles. The van der Waals surface area contributed by atoms with Gasteiger partial charge in [-0.05, 0) is 24.3 Å². The summed E-state index contributed by atoms with van der Waals surface area (Å²) in [6, 6.07) is 6.17. The van der Waals surface area contributed by atoms with Crippen LogP contribution in [0.1, 0.15) is 15.9 Å². The minimum absolute atomic E-state index is 0.120. The van der Waals surface area contributed by atoms with E-state index in [0.29, 0.717) is 0 Å². The van der Waals surface area contributed by atoms with Crippen molar-refractivity contribution in [1.82, 2.24) is 0 Å². The average Bonchev–Trinajstić information content (AvgIpc) is 2.37. The summed E-state index contributed by atoms with van der Waals surface area (Å²) in [7, 11) is 0. The molecule has 0 amide bonds. The molecule has 0 aliphatic rings. The van der Waals surface area contributed by atoms with E-state index in [4.69, 9.17) is 9.84 Å². The van der Waals surface area contributed by atoms with Crippen LogP contribution in [0, 0.1) is 17.5 Å². The van der Waals surface area contributed by atoms with E-state index in [-0.39, 0.29) is 16.9 Å². The third kappa shape index (κ3) is 3.09. The van der Waals surface area contributed by atoms with Crippen molar-refractivity contribution in [3.8, 4) is 5.75 Å². The SMILES string of the molecule is O=C(O)c1cc(F)cc(OCc2c(F)cccc2F)c1. The average molecular weight is 282 g/mol. The predicted octanol–water partition coefficient (Wildman–Crippen LogP) is 3.38. The fourth-order valence-electron chi connectivity index (χ4n) is 1.60. The molecule has 1 N–H and O–H groups in total. The Morgan fingerprint density at radius 1 is 1.10 bits per heavy atom. The van der Waals surface area contributed by atoms with Crippen molar-refractivity contribution in [2.24, 2.45) is 0 Å². The summed E-state index contributed by atoms with van der Waals surface area (Å²) in [6.07, 6.45) is 0. The van der Waals surface area contributed by atoms with Crippen LogP contribution >= 0.6 is 0 Å². The van der Waals surface area contributed by atoms with E-state index in [1.54, 1.807) is 0 Å². The summed E-state index contributed by atoms with van der Waals surface area (Å²) in [6.45, 7) is -0.471. The Morgan fingerprint density at radius 3 is 2.35 bits per heavy atom. The van der Waals surface area contributed by atoms with Gasteiger partial charge >= 0.3 is 5.97 Å². The van der Waals surface area contributed by atoms with Crippen LogP contribution in [-0.2, 0) is 6.61 Å². The largest absolute Gasteiger partial charge is 0.489 e. The maximum absolute atomic E-state index is 13.4. The molecule has 0 aliphatic heterocycles. The van der Waals surface area contributed by atoms with Crippen LogP contribution in [0.15, 0.2) is 36.4 Å². The zero-order valence-electron chi connectivity index (χ0n) is 10.1. The van der Waals surface area contributed by atoms with E-state index < -0.39 is 30.0 Å². The standard InChI is InChI=1S/C14H9F3O3/c15-9-4-8(14(18)19)5-10(6-9)20-7-11-12(16)2-1-3-13(11)17/h1-6H,7H2,(H,18,19). The molecular formula is C14H9F3O3. The highest BCUT2D eigenvalue weighted by molar-refractivity contribution is 5.88. The predicted molar refractivity (Wildman–Crippen MR) is 64.0 cm³/mol. The molecule has 0 saturated heterocycles. The van der Waals surface area contributed by atoms with Crippen molar-refractivity contribution >= 4 is 5.97 Å². The molecule has 0 spiro atoms. The number of rotatable bonds is 4. The molecule has 0 radical (unpaired) electrons. The Hall–Kier alpha value is -2.50. The summed E-state index contributed by atoms with van der Waals surface area (Å²) < 4.78 is 44.9. The van der Waals surface area contributed by atoms with Crippen LogP contribution in [0.3, 0.4) is 0 Å². The Labute approximate surface area is 112 Å². The van der Waals surface area contributed by atoms with Crippen LogP contribution in [-0.4, -0.2) is 11.1 Å². The highest BCUT2D eigenvalue weighted by Crippen LogP contribution is 2.20. The van der Waals surface area contributed by atoms with Crippen LogP contribution < -0.4 is 4.74 Å². The fourth-order valence-corrected chi connectivity index (χ4v) is 1.60. The van der Waals surface area contributed by atoms with Crippen molar-refractivity contribution in [2.45, 2.75) is 6.61 Å². The van der Waals surface area contributed by atoms with Gasteiger partial charge in [-0.1, -0.05) is 6.07 Å². The summed E-state index contributed by atoms with van der Waals surface area (Å²) in [5.41, 5.74) is -0.623. The first-order chi connectivity index (χ1) is 9.47. The maximum Gasteiger partial charge on any atom is 0.335 e. The Morgan fingerprint density at radius 2 is 1.75 bits per heavy atom. The first-order valence-corrected chi connectivity index (χ1v) is 5.57. The van der Waals surface area contributed by atoms with E-state index in [0.717, 1.165) is 30.3 Å². The first-order valence-electron chi connectivity index (χ1n) is 5.57. The highest BCUT2D eigenvalue weighted by atomic mass is 19.1. The minimum atomic E-state index is -1.33. The molecule has 0 bridgehead atoms. The lowest BCUT2D eigenvalue weighted by Gasteiger charge is -2.09. The number of carboxylic acids is 1. The van der Waals surface area contributed by atoms with E-state index in [1.165, 1.54) is 6.07 Å². The number of carboxylic acid groups (broad SMARTS) is 1. The Balaban J connectivity index is 2.21. The number of halogens is 3. The summed E-state index contributed by atoms with van der Waals surface area (Å²) >= 11 is 0. The molecule has 0 aromatic heterocycles. The van der Waals surface area contributed by atoms with Crippen molar-refractivity contribution in [1.29, 1.82) is 0 Å². The van der Waals surface area contributed by atoms with E-state index in [1.807, 2.05) is 0 Å². The molecule has 3 nitrogen and oxygen atoms in total. The first kappa shape index (κ1) is 13.9. The number of hydrogen-bond donors (Lipinski definition) is 1. The van der Waals surface area contributed by atoms with Gasteiger partial charge < -0.3 is 9.84 Å².